The van der Waals surface area contributed by atoms with Crippen LogP contribution in [0.15, 0.2) is 44.8 Å². The zero-order valence-electron chi connectivity index (χ0n) is 18.1. The quantitative estimate of drug-likeness (QED) is 0.573. The lowest BCUT2D eigenvalue weighted by molar-refractivity contribution is -0.120. The molecule has 0 aliphatic carbocycles. The first kappa shape index (κ1) is 24.6. The minimum Gasteiger partial charge on any atom is -0.495 e. The number of piperidine rings is 1. The zero-order chi connectivity index (χ0) is 23.5. The van der Waals surface area contributed by atoms with Gasteiger partial charge in [-0.3, -0.25) is 4.79 Å². The van der Waals surface area contributed by atoms with Gasteiger partial charge in [0.2, 0.25) is 15.9 Å². The van der Waals surface area contributed by atoms with Gasteiger partial charge in [0.25, 0.3) is 10.0 Å². The topological polar surface area (TPSA) is 122 Å². The molecule has 0 radical (unpaired) electrons. The van der Waals surface area contributed by atoms with Gasteiger partial charge >= 0.3 is 0 Å². The molecular weight excluding hydrogens is 474 g/mol. The van der Waals surface area contributed by atoms with Crippen molar-refractivity contribution in [3.63, 3.8) is 0 Å². The first-order valence-electron chi connectivity index (χ1n) is 10.1. The van der Waals surface area contributed by atoms with Crippen molar-refractivity contribution in [3.05, 3.63) is 35.7 Å². The highest BCUT2D eigenvalue weighted by Gasteiger charge is 2.34. The molecule has 2 N–H and O–H groups in total. The predicted molar refractivity (Wildman–Crippen MR) is 123 cm³/mol. The number of hydrogen-bond acceptors (Lipinski definition) is 7. The number of nitrogens with zero attached hydrogens (tertiary/aromatic N) is 1. The van der Waals surface area contributed by atoms with Crippen LogP contribution < -0.4 is 14.8 Å². The molecule has 1 atom stereocenters. The van der Waals surface area contributed by atoms with Crippen molar-refractivity contribution in [1.82, 2.24) is 9.03 Å². The van der Waals surface area contributed by atoms with Crippen molar-refractivity contribution in [2.24, 2.45) is 5.92 Å². The smallest absolute Gasteiger partial charge is 0.252 e. The summed E-state index contributed by atoms with van der Waals surface area (Å²) in [7, 11) is -5.99. The van der Waals surface area contributed by atoms with Crippen molar-refractivity contribution in [2.45, 2.75) is 41.8 Å². The highest BCUT2D eigenvalue weighted by Crippen LogP contribution is 2.30. The van der Waals surface area contributed by atoms with Crippen LogP contribution in [-0.2, 0) is 24.8 Å². The van der Waals surface area contributed by atoms with Crippen molar-refractivity contribution in [1.29, 1.82) is 0 Å². The van der Waals surface area contributed by atoms with E-state index in [0.29, 0.717) is 25.1 Å². The summed E-state index contributed by atoms with van der Waals surface area (Å²) in [4.78, 5) is 13.0. The lowest BCUT2D eigenvalue weighted by Crippen LogP contribution is -2.43. The first-order chi connectivity index (χ1) is 15.0. The number of carbonyl (C=O) groups excluding carboxylic acids is 1. The predicted octanol–water partition coefficient (Wildman–Crippen LogP) is 2.48. The molecule has 1 aliphatic rings. The van der Waals surface area contributed by atoms with E-state index in [1.54, 1.807) is 31.4 Å². The maximum atomic E-state index is 13.0. The Balaban J connectivity index is 1.79. The maximum absolute atomic E-state index is 13.0. The molecule has 0 unspecified atom stereocenters. The number of anilines is 1. The van der Waals surface area contributed by atoms with Crippen LogP contribution in [0.4, 0.5) is 5.69 Å². The number of methoxy groups -OCH3 is 1. The van der Waals surface area contributed by atoms with Gasteiger partial charge < -0.3 is 10.1 Å². The third kappa shape index (κ3) is 5.49. The summed E-state index contributed by atoms with van der Waals surface area (Å²) in [6, 6.07) is 7.14. The van der Waals surface area contributed by atoms with Gasteiger partial charge in [-0.15, -0.1) is 11.3 Å². The van der Waals surface area contributed by atoms with Gasteiger partial charge in [-0.1, -0.05) is 6.07 Å². The average molecular weight is 502 g/mol. The Morgan fingerprint density at radius 2 is 1.97 bits per heavy atom. The minimum absolute atomic E-state index is 0.00663. The van der Waals surface area contributed by atoms with E-state index in [0.717, 1.165) is 11.3 Å². The van der Waals surface area contributed by atoms with Crippen LogP contribution in [0, 0.1) is 5.92 Å². The van der Waals surface area contributed by atoms with Gasteiger partial charge in [-0.2, -0.15) is 4.31 Å². The van der Waals surface area contributed by atoms with E-state index in [9.17, 15) is 21.6 Å². The second kappa shape index (κ2) is 9.87. The molecule has 0 saturated carbocycles. The van der Waals surface area contributed by atoms with Gasteiger partial charge in [0.05, 0.1) is 23.6 Å². The molecule has 2 aromatic rings. The van der Waals surface area contributed by atoms with Crippen LogP contribution in [0.3, 0.4) is 0 Å². The summed E-state index contributed by atoms with van der Waals surface area (Å²) in [6.07, 6.45) is 1.07. The van der Waals surface area contributed by atoms with E-state index in [1.807, 2.05) is 0 Å². The summed E-state index contributed by atoms with van der Waals surface area (Å²) in [5.41, 5.74) is 0.211. The van der Waals surface area contributed by atoms with Crippen molar-refractivity contribution >= 4 is 43.0 Å². The largest absolute Gasteiger partial charge is 0.495 e. The maximum Gasteiger partial charge on any atom is 0.252 e. The van der Waals surface area contributed by atoms with Gasteiger partial charge in [0, 0.05) is 19.1 Å². The molecule has 9 nitrogen and oxygen atoms in total. The highest BCUT2D eigenvalue weighted by molar-refractivity contribution is 7.91. The fraction of sp³-hybridized carbons (Fsp3) is 0.450. The van der Waals surface area contributed by atoms with E-state index in [-0.39, 0.29) is 33.3 Å². The van der Waals surface area contributed by atoms with E-state index in [2.05, 4.69) is 10.0 Å². The van der Waals surface area contributed by atoms with E-state index in [1.165, 1.54) is 29.6 Å². The Bertz CT molecular complexity index is 1160. The van der Waals surface area contributed by atoms with Crippen LogP contribution in [0.1, 0.15) is 26.7 Å². The Morgan fingerprint density at radius 1 is 1.22 bits per heavy atom. The SMILES string of the molecule is COc1ccc(S(=O)(=O)NC(C)C)cc1NC(=O)[C@@H]1CCCN(S(=O)(=O)c2cccs2)C1. The Hall–Kier alpha value is -1.99. The summed E-state index contributed by atoms with van der Waals surface area (Å²) in [5.74, 6) is -0.654. The number of thiophene rings is 1. The van der Waals surface area contributed by atoms with Crippen molar-refractivity contribution in [2.75, 3.05) is 25.5 Å². The number of amides is 1. The molecule has 1 aromatic heterocycles. The molecule has 3 rings (SSSR count). The molecule has 1 amide bonds. The lowest BCUT2D eigenvalue weighted by Gasteiger charge is -2.31. The monoisotopic (exact) mass is 501 g/mol. The van der Waals surface area contributed by atoms with Crippen molar-refractivity contribution < 1.29 is 26.4 Å². The third-order valence-electron chi connectivity index (χ3n) is 4.97. The standard InChI is InChI=1S/C20H27N3O6S3/c1-14(2)22-31(25,26)16-8-9-18(29-3)17(12-16)21-20(24)15-6-4-10-23(13-15)32(27,28)19-7-5-11-30-19/h5,7-9,11-12,14-15,22H,4,6,10,13H2,1-3H3,(H,21,24)/t15-/m1/s1. The van der Waals surface area contributed by atoms with Gasteiger partial charge in [-0.05, 0) is 56.3 Å². The molecule has 12 heteroatoms. The molecule has 1 saturated heterocycles. The highest BCUT2D eigenvalue weighted by atomic mass is 32.2. The molecule has 0 spiro atoms. The summed E-state index contributed by atoms with van der Waals surface area (Å²) >= 11 is 1.14. The summed E-state index contributed by atoms with van der Waals surface area (Å²) in [6.45, 7) is 3.83. The van der Waals surface area contributed by atoms with E-state index < -0.39 is 26.0 Å². The Kier molecular flexibility index (Phi) is 7.61. The van der Waals surface area contributed by atoms with E-state index >= 15 is 0 Å². The lowest BCUT2D eigenvalue weighted by atomic mass is 9.98. The number of nitrogens with one attached hydrogen (secondary N) is 2. The average Bonchev–Trinajstić information content (AvgIpc) is 3.28. The normalized spacial score (nSPS) is 17.9. The number of hydrogen-bond donors (Lipinski definition) is 2. The van der Waals surface area contributed by atoms with Crippen LogP contribution in [0.25, 0.3) is 0 Å². The minimum atomic E-state index is -3.76. The zero-order valence-corrected chi connectivity index (χ0v) is 20.5. The number of benzene rings is 1. The Morgan fingerprint density at radius 3 is 2.59 bits per heavy atom. The second-order valence-corrected chi connectivity index (χ2v) is 12.6. The molecular formula is C20H27N3O6S3. The number of sulfonamides is 2. The number of ether oxygens (including phenoxy) is 1. The van der Waals surface area contributed by atoms with E-state index in [4.69, 9.17) is 4.74 Å². The number of rotatable bonds is 8. The molecule has 0 bridgehead atoms. The number of carbonyl (C=O) groups is 1. The van der Waals surface area contributed by atoms with Gasteiger partial charge in [-0.25, -0.2) is 21.6 Å². The van der Waals surface area contributed by atoms with Crippen LogP contribution in [0.2, 0.25) is 0 Å². The van der Waals surface area contributed by atoms with Crippen LogP contribution in [-0.4, -0.2) is 53.3 Å². The second-order valence-electron chi connectivity index (χ2n) is 7.76. The summed E-state index contributed by atoms with van der Waals surface area (Å²) < 4.78 is 60.0. The van der Waals surface area contributed by atoms with Crippen LogP contribution >= 0.6 is 11.3 Å². The van der Waals surface area contributed by atoms with Gasteiger partial charge in [0.15, 0.2) is 0 Å². The third-order valence-corrected chi connectivity index (χ3v) is 9.87. The first-order valence-corrected chi connectivity index (χ1v) is 13.9. The molecule has 1 aliphatic heterocycles. The van der Waals surface area contributed by atoms with Gasteiger partial charge in [0.1, 0.15) is 9.96 Å². The summed E-state index contributed by atoms with van der Waals surface area (Å²) in [5, 5.41) is 4.43. The molecule has 2 heterocycles. The molecule has 1 fully saturated rings. The van der Waals surface area contributed by atoms with Crippen LogP contribution in [0.5, 0.6) is 5.75 Å². The fourth-order valence-electron chi connectivity index (χ4n) is 3.48. The fourth-order valence-corrected chi connectivity index (χ4v) is 7.42. The Labute approximate surface area is 192 Å². The molecule has 1 aromatic carbocycles. The molecule has 176 valence electrons. The molecule has 32 heavy (non-hydrogen) atoms. The van der Waals surface area contributed by atoms with Crippen molar-refractivity contribution in [3.8, 4) is 5.75 Å².